The van der Waals surface area contributed by atoms with Crippen molar-refractivity contribution in [1.82, 2.24) is 0 Å². The fourth-order valence-corrected chi connectivity index (χ4v) is 5.81. The molecule has 33 heavy (non-hydrogen) atoms. The maximum atomic E-state index is 14.1. The van der Waals surface area contributed by atoms with E-state index in [1.54, 1.807) is 0 Å². The second-order valence-corrected chi connectivity index (χ2v) is 10.1. The van der Waals surface area contributed by atoms with Crippen LogP contribution in [0.4, 0.5) is 22.0 Å². The van der Waals surface area contributed by atoms with Crippen LogP contribution in [0.15, 0.2) is 24.8 Å². The third kappa shape index (κ3) is 8.29. The Morgan fingerprint density at radius 2 is 1.27 bits per heavy atom. The molecule has 186 valence electrons. The van der Waals surface area contributed by atoms with Crippen molar-refractivity contribution < 1.29 is 26.7 Å². The van der Waals surface area contributed by atoms with Crippen molar-refractivity contribution in [3.05, 3.63) is 42.0 Å². The van der Waals surface area contributed by atoms with Gasteiger partial charge >= 0.3 is 6.36 Å². The average molecular weight is 473 g/mol. The summed E-state index contributed by atoms with van der Waals surface area (Å²) >= 11 is 0. The maximum Gasteiger partial charge on any atom is 0.573 e. The van der Waals surface area contributed by atoms with Crippen LogP contribution < -0.4 is 4.74 Å². The van der Waals surface area contributed by atoms with Gasteiger partial charge in [-0.2, -0.15) is 0 Å². The highest BCUT2D eigenvalue weighted by atomic mass is 19.4. The summed E-state index contributed by atoms with van der Waals surface area (Å²) in [6.45, 7) is 3.79. The van der Waals surface area contributed by atoms with Gasteiger partial charge in [0.25, 0.3) is 0 Å². The summed E-state index contributed by atoms with van der Waals surface area (Å²) < 4.78 is 68.6. The molecule has 2 aliphatic rings. The Morgan fingerprint density at radius 3 is 1.76 bits per heavy atom. The van der Waals surface area contributed by atoms with Gasteiger partial charge in [0.05, 0.1) is 0 Å². The van der Waals surface area contributed by atoms with E-state index >= 15 is 0 Å². The molecule has 0 radical (unpaired) electrons. The lowest BCUT2D eigenvalue weighted by atomic mass is 9.74. The van der Waals surface area contributed by atoms with E-state index in [0.29, 0.717) is 11.5 Å². The van der Waals surface area contributed by atoms with Gasteiger partial charge in [0.1, 0.15) is 0 Å². The van der Waals surface area contributed by atoms with E-state index in [2.05, 4.69) is 11.3 Å². The third-order valence-corrected chi connectivity index (χ3v) is 7.78. The number of allylic oxidation sites excluding steroid dienone is 1. The molecular formula is C27H37F5O. The lowest BCUT2D eigenvalue weighted by Crippen LogP contribution is -2.20. The van der Waals surface area contributed by atoms with Crippen molar-refractivity contribution in [2.75, 3.05) is 0 Å². The number of unbranched alkanes of at least 4 members (excludes halogenated alkanes) is 2. The van der Waals surface area contributed by atoms with E-state index in [-0.39, 0.29) is 5.92 Å². The van der Waals surface area contributed by atoms with Crippen LogP contribution in [0.2, 0.25) is 0 Å². The molecule has 1 nitrogen and oxygen atoms in total. The first-order valence-corrected chi connectivity index (χ1v) is 12.6. The van der Waals surface area contributed by atoms with Crippen LogP contribution in [0.5, 0.6) is 5.75 Å². The zero-order chi connectivity index (χ0) is 23.8. The zero-order valence-corrected chi connectivity index (χ0v) is 19.4. The van der Waals surface area contributed by atoms with Gasteiger partial charge in [0, 0.05) is 0 Å². The zero-order valence-electron chi connectivity index (χ0n) is 19.4. The molecule has 0 saturated heterocycles. The van der Waals surface area contributed by atoms with Gasteiger partial charge in [-0.25, -0.2) is 8.78 Å². The van der Waals surface area contributed by atoms with Crippen LogP contribution in [-0.2, 0) is 0 Å². The largest absolute Gasteiger partial charge is 0.573 e. The molecule has 0 bridgehead atoms. The van der Waals surface area contributed by atoms with Crippen molar-refractivity contribution in [2.24, 2.45) is 17.8 Å². The molecule has 0 unspecified atom stereocenters. The molecule has 1 aromatic carbocycles. The standard InChI is InChI=1S/C27H37F5O/c1-2-3-4-5-6-19-7-9-20(10-8-19)11-12-21-13-15-22(16-14-21)23-17-24(28)26(25(29)18-23)33-27(30,31)32/h2,17-22H,1,3-16H2. The highest BCUT2D eigenvalue weighted by Crippen LogP contribution is 2.41. The number of ether oxygens (including phenoxy) is 1. The van der Waals surface area contributed by atoms with E-state index in [1.807, 2.05) is 6.08 Å². The van der Waals surface area contributed by atoms with Crippen LogP contribution in [0.3, 0.4) is 0 Å². The molecule has 6 heteroatoms. The lowest BCUT2D eigenvalue weighted by molar-refractivity contribution is -0.276. The normalized spacial score (nSPS) is 26.2. The van der Waals surface area contributed by atoms with Gasteiger partial charge in [0.15, 0.2) is 11.6 Å². The van der Waals surface area contributed by atoms with Gasteiger partial charge in [-0.1, -0.05) is 57.4 Å². The second kappa shape index (κ2) is 12.2. The summed E-state index contributed by atoms with van der Waals surface area (Å²) in [4.78, 5) is 0. The van der Waals surface area contributed by atoms with E-state index < -0.39 is 23.7 Å². The predicted molar refractivity (Wildman–Crippen MR) is 121 cm³/mol. The summed E-state index contributed by atoms with van der Waals surface area (Å²) in [6, 6.07) is 2.01. The van der Waals surface area contributed by atoms with Gasteiger partial charge in [-0.3, -0.25) is 0 Å². The molecule has 0 atom stereocenters. The fraction of sp³-hybridized carbons (Fsp3) is 0.704. The smallest absolute Gasteiger partial charge is 0.399 e. The first-order chi connectivity index (χ1) is 15.7. The topological polar surface area (TPSA) is 9.23 Å². The van der Waals surface area contributed by atoms with Crippen molar-refractivity contribution in [3.8, 4) is 5.75 Å². The quantitative estimate of drug-likeness (QED) is 0.187. The number of alkyl halides is 3. The highest BCUT2D eigenvalue weighted by Gasteiger charge is 2.35. The SMILES string of the molecule is C=CCCCCC1CCC(CCC2CCC(c3cc(F)c(OC(F)(F)F)c(F)c3)CC2)CC1. The second-order valence-electron chi connectivity index (χ2n) is 10.1. The molecule has 2 aliphatic carbocycles. The number of hydrogen-bond acceptors (Lipinski definition) is 1. The molecule has 0 aromatic heterocycles. The Balaban J connectivity index is 1.38. The summed E-state index contributed by atoms with van der Waals surface area (Å²) in [7, 11) is 0. The minimum atomic E-state index is -5.12. The first-order valence-electron chi connectivity index (χ1n) is 12.6. The summed E-state index contributed by atoms with van der Waals surface area (Å²) in [5, 5.41) is 0. The molecule has 2 saturated carbocycles. The van der Waals surface area contributed by atoms with Crippen molar-refractivity contribution in [2.45, 2.75) is 102 Å². The molecule has 0 heterocycles. The number of halogens is 5. The highest BCUT2D eigenvalue weighted by molar-refractivity contribution is 5.33. The minimum absolute atomic E-state index is 0.0123. The monoisotopic (exact) mass is 472 g/mol. The predicted octanol–water partition coefficient (Wildman–Crippen LogP) is 9.47. The minimum Gasteiger partial charge on any atom is -0.399 e. The van der Waals surface area contributed by atoms with Crippen molar-refractivity contribution in [1.29, 1.82) is 0 Å². The molecule has 2 fully saturated rings. The van der Waals surface area contributed by atoms with Gasteiger partial charge in [-0.15, -0.1) is 19.8 Å². The average Bonchev–Trinajstić information content (AvgIpc) is 2.78. The molecule has 1 aromatic rings. The molecule has 0 amide bonds. The van der Waals surface area contributed by atoms with Crippen LogP contribution >= 0.6 is 0 Å². The molecule has 3 rings (SSSR count). The molecule has 0 spiro atoms. The van der Waals surface area contributed by atoms with E-state index in [1.165, 1.54) is 57.8 Å². The Bertz CT molecular complexity index is 720. The van der Waals surface area contributed by atoms with Gasteiger partial charge in [0.2, 0.25) is 5.75 Å². The Hall–Kier alpha value is -1.59. The Labute approximate surface area is 194 Å². The van der Waals surface area contributed by atoms with Gasteiger partial charge < -0.3 is 4.74 Å². The van der Waals surface area contributed by atoms with Crippen LogP contribution in [0.1, 0.15) is 101 Å². The number of rotatable bonds is 10. The Kier molecular flexibility index (Phi) is 9.63. The van der Waals surface area contributed by atoms with Crippen LogP contribution in [0, 0.1) is 29.4 Å². The molecule has 0 aliphatic heterocycles. The summed E-state index contributed by atoms with van der Waals surface area (Å²) in [5.74, 6) is -1.60. The third-order valence-electron chi connectivity index (χ3n) is 7.78. The van der Waals surface area contributed by atoms with Gasteiger partial charge in [-0.05, 0) is 79.9 Å². The fourth-order valence-electron chi connectivity index (χ4n) is 5.81. The summed E-state index contributed by atoms with van der Waals surface area (Å²) in [5.41, 5.74) is 0.435. The maximum absolute atomic E-state index is 14.1. The summed E-state index contributed by atoms with van der Waals surface area (Å²) in [6.07, 6.45) is 13.5. The number of benzene rings is 1. The lowest BCUT2D eigenvalue weighted by Gasteiger charge is -2.32. The van der Waals surface area contributed by atoms with Crippen LogP contribution in [-0.4, -0.2) is 6.36 Å². The first kappa shape index (κ1) is 26.0. The number of hydrogen-bond donors (Lipinski definition) is 0. The van der Waals surface area contributed by atoms with Crippen molar-refractivity contribution in [3.63, 3.8) is 0 Å². The van der Waals surface area contributed by atoms with Crippen LogP contribution in [0.25, 0.3) is 0 Å². The van der Waals surface area contributed by atoms with E-state index in [9.17, 15) is 22.0 Å². The van der Waals surface area contributed by atoms with E-state index in [0.717, 1.165) is 56.1 Å². The van der Waals surface area contributed by atoms with E-state index in [4.69, 9.17) is 0 Å². The molecular weight excluding hydrogens is 435 g/mol. The molecule has 0 N–H and O–H groups in total. The van der Waals surface area contributed by atoms with Crippen molar-refractivity contribution >= 4 is 0 Å². The Morgan fingerprint density at radius 1 is 0.788 bits per heavy atom.